The quantitative estimate of drug-likeness (QED) is 0.360. The molecule has 0 bridgehead atoms. The van der Waals surface area contributed by atoms with Gasteiger partial charge in [-0.2, -0.15) is 26.3 Å². The highest BCUT2D eigenvalue weighted by Gasteiger charge is 2.71. The summed E-state index contributed by atoms with van der Waals surface area (Å²) in [6, 6.07) is 16.7. The number of nitrogens with zero attached hydrogens (tertiary/aromatic N) is 3. The summed E-state index contributed by atoms with van der Waals surface area (Å²) in [5.74, 6) is 0.209. The van der Waals surface area contributed by atoms with E-state index in [9.17, 15) is 41.4 Å². The first-order valence-corrected chi connectivity index (χ1v) is 11.8. The number of alkyl halides is 6. The van der Waals surface area contributed by atoms with Gasteiger partial charge in [-0.05, 0) is 35.9 Å². The molecule has 39 heavy (non-hydrogen) atoms. The summed E-state index contributed by atoms with van der Waals surface area (Å²) in [5, 5.41) is 19.5. The molecule has 1 aliphatic heterocycles. The number of hydrogen-bond acceptors (Lipinski definition) is 5. The van der Waals surface area contributed by atoms with Gasteiger partial charge in [-0.3, -0.25) is 9.36 Å². The molecule has 204 valence electrons. The molecule has 0 atom stereocenters. The fourth-order valence-electron chi connectivity index (χ4n) is 4.59. The Hall–Kier alpha value is -3.90. The molecule has 0 aliphatic carbocycles. The van der Waals surface area contributed by atoms with E-state index < -0.39 is 35.2 Å². The SMILES string of the molecule is O=c1c2cc(N3CC(O)C3)ccc2nc(Cc2ccccc2)n1-c1ccc(C(O)(C(F)(F)F)C(F)(F)F)cc1. The van der Waals surface area contributed by atoms with Crippen LogP contribution in [-0.4, -0.2) is 51.3 Å². The van der Waals surface area contributed by atoms with Gasteiger partial charge < -0.3 is 15.1 Å². The third kappa shape index (κ3) is 4.63. The molecule has 0 spiro atoms. The molecule has 0 amide bonds. The van der Waals surface area contributed by atoms with E-state index in [4.69, 9.17) is 0 Å². The van der Waals surface area contributed by atoms with Crippen molar-refractivity contribution in [3.8, 4) is 5.69 Å². The lowest BCUT2D eigenvalue weighted by molar-refractivity contribution is -0.376. The number of aromatic nitrogens is 2. The number of fused-ring (bicyclic) bond motifs is 1. The van der Waals surface area contributed by atoms with Crippen LogP contribution in [0.15, 0.2) is 77.6 Å². The van der Waals surface area contributed by atoms with Gasteiger partial charge >= 0.3 is 12.4 Å². The van der Waals surface area contributed by atoms with E-state index in [0.29, 0.717) is 36.4 Å². The number of benzene rings is 3. The molecule has 2 N–H and O–H groups in total. The van der Waals surface area contributed by atoms with E-state index in [2.05, 4.69) is 4.98 Å². The Morgan fingerprint density at radius 3 is 2.00 bits per heavy atom. The maximum absolute atomic E-state index is 13.7. The Balaban J connectivity index is 1.66. The second kappa shape index (κ2) is 9.38. The predicted molar refractivity (Wildman–Crippen MR) is 131 cm³/mol. The minimum absolute atomic E-state index is 0.0273. The largest absolute Gasteiger partial charge is 0.430 e. The molecule has 1 fully saturated rings. The zero-order chi connectivity index (χ0) is 28.2. The average Bonchev–Trinajstić information content (AvgIpc) is 2.86. The van der Waals surface area contributed by atoms with Crippen molar-refractivity contribution in [1.29, 1.82) is 0 Å². The van der Waals surface area contributed by atoms with E-state index in [1.165, 1.54) is 0 Å². The van der Waals surface area contributed by atoms with Crippen LogP contribution < -0.4 is 10.5 Å². The maximum atomic E-state index is 13.7. The summed E-state index contributed by atoms with van der Waals surface area (Å²) >= 11 is 0. The minimum Gasteiger partial charge on any atom is -0.389 e. The van der Waals surface area contributed by atoms with Gasteiger partial charge in [0.05, 0.1) is 22.7 Å². The molecule has 0 unspecified atom stereocenters. The second-order valence-electron chi connectivity index (χ2n) is 9.34. The maximum Gasteiger partial charge on any atom is 0.430 e. The van der Waals surface area contributed by atoms with Gasteiger partial charge in [-0.25, -0.2) is 4.98 Å². The molecule has 12 heteroatoms. The Morgan fingerprint density at radius 1 is 0.846 bits per heavy atom. The van der Waals surface area contributed by atoms with Crippen molar-refractivity contribution < 1.29 is 36.6 Å². The first-order valence-electron chi connectivity index (χ1n) is 11.8. The van der Waals surface area contributed by atoms with E-state index in [0.717, 1.165) is 22.3 Å². The molecule has 0 saturated carbocycles. The number of aliphatic hydroxyl groups is 2. The summed E-state index contributed by atoms with van der Waals surface area (Å²) in [6.07, 6.45) is -12.4. The normalized spacial score (nSPS) is 15.0. The van der Waals surface area contributed by atoms with Crippen molar-refractivity contribution in [2.45, 2.75) is 30.5 Å². The Kier molecular flexibility index (Phi) is 6.42. The van der Waals surface area contributed by atoms with E-state index in [-0.39, 0.29) is 23.3 Å². The lowest BCUT2D eigenvalue weighted by Gasteiger charge is -2.37. The molecule has 5 rings (SSSR count). The summed E-state index contributed by atoms with van der Waals surface area (Å²) < 4.78 is 81.3. The zero-order valence-corrected chi connectivity index (χ0v) is 20.0. The third-order valence-electron chi connectivity index (χ3n) is 6.72. The molecule has 4 aromatic rings. The smallest absolute Gasteiger partial charge is 0.389 e. The second-order valence-corrected chi connectivity index (χ2v) is 9.34. The van der Waals surface area contributed by atoms with E-state index >= 15 is 0 Å². The van der Waals surface area contributed by atoms with Crippen molar-refractivity contribution in [1.82, 2.24) is 9.55 Å². The molecule has 1 aliphatic rings. The van der Waals surface area contributed by atoms with Crippen LogP contribution in [0.5, 0.6) is 0 Å². The van der Waals surface area contributed by atoms with Crippen LogP contribution in [0.2, 0.25) is 0 Å². The van der Waals surface area contributed by atoms with Crippen molar-refractivity contribution in [2.24, 2.45) is 0 Å². The molecule has 1 aromatic heterocycles. The van der Waals surface area contributed by atoms with Gasteiger partial charge in [0.2, 0.25) is 0 Å². The third-order valence-corrected chi connectivity index (χ3v) is 6.72. The number of rotatable bonds is 5. The fraction of sp³-hybridized carbons (Fsp3) is 0.259. The molecule has 2 heterocycles. The van der Waals surface area contributed by atoms with Gasteiger partial charge in [-0.15, -0.1) is 0 Å². The summed E-state index contributed by atoms with van der Waals surface area (Å²) in [6.45, 7) is 0.754. The molecule has 3 aromatic carbocycles. The highest BCUT2D eigenvalue weighted by atomic mass is 19.4. The molecule has 0 radical (unpaired) electrons. The first kappa shape index (κ1) is 26.7. The standard InChI is InChI=1S/C27H21F6N3O3/c28-26(29,30)25(39,27(31,32)33)17-6-8-18(9-7-17)36-23(12-16-4-2-1-3-5-16)34-22-11-10-19(13-21(22)24(36)38)35-14-20(37)15-35/h1-11,13,20,37,39H,12,14-15H2. The summed E-state index contributed by atoms with van der Waals surface area (Å²) in [4.78, 5) is 20.2. The Labute approximate surface area is 217 Å². The number of β-amino-alcohol motifs (C(OH)–C–C–N with tert-alkyl or cyclic N) is 1. The Bertz CT molecular complexity index is 1550. The molecular weight excluding hydrogens is 528 g/mol. The predicted octanol–water partition coefficient (Wildman–Crippen LogP) is 4.47. The lowest BCUT2D eigenvalue weighted by atomic mass is 9.92. The van der Waals surface area contributed by atoms with Crippen LogP contribution in [0, 0.1) is 0 Å². The van der Waals surface area contributed by atoms with Crippen LogP contribution in [0.25, 0.3) is 16.6 Å². The van der Waals surface area contributed by atoms with Crippen molar-refractivity contribution in [2.75, 3.05) is 18.0 Å². The van der Waals surface area contributed by atoms with Crippen LogP contribution in [0.4, 0.5) is 32.0 Å². The van der Waals surface area contributed by atoms with Crippen molar-refractivity contribution in [3.05, 3.63) is 100 Å². The molecule has 6 nitrogen and oxygen atoms in total. The average molecular weight is 549 g/mol. The zero-order valence-electron chi connectivity index (χ0n) is 20.0. The number of halogens is 6. The van der Waals surface area contributed by atoms with E-state index in [1.54, 1.807) is 48.5 Å². The monoisotopic (exact) mass is 549 g/mol. The van der Waals surface area contributed by atoms with Crippen molar-refractivity contribution >= 4 is 16.6 Å². The number of aliphatic hydroxyl groups excluding tert-OH is 1. The fourth-order valence-corrected chi connectivity index (χ4v) is 4.59. The van der Waals surface area contributed by atoms with Crippen LogP contribution in [0.1, 0.15) is 17.0 Å². The first-order chi connectivity index (χ1) is 18.3. The van der Waals surface area contributed by atoms with Crippen molar-refractivity contribution in [3.63, 3.8) is 0 Å². The molecular formula is C27H21F6N3O3. The molecule has 1 saturated heterocycles. The Morgan fingerprint density at radius 2 is 1.44 bits per heavy atom. The van der Waals surface area contributed by atoms with Crippen LogP contribution >= 0.6 is 0 Å². The van der Waals surface area contributed by atoms with Crippen LogP contribution in [-0.2, 0) is 12.0 Å². The minimum atomic E-state index is -6.03. The topological polar surface area (TPSA) is 78.6 Å². The van der Waals surface area contributed by atoms with Gasteiger partial charge in [-0.1, -0.05) is 42.5 Å². The van der Waals surface area contributed by atoms with Crippen LogP contribution in [0.3, 0.4) is 0 Å². The van der Waals surface area contributed by atoms with Gasteiger partial charge in [0, 0.05) is 30.8 Å². The number of anilines is 1. The summed E-state index contributed by atoms with van der Waals surface area (Å²) in [5.41, 5.74) is -5.35. The van der Waals surface area contributed by atoms with E-state index in [1.807, 2.05) is 4.90 Å². The van der Waals surface area contributed by atoms with Gasteiger partial charge in [0.25, 0.3) is 11.2 Å². The highest BCUT2D eigenvalue weighted by molar-refractivity contribution is 5.82. The lowest BCUT2D eigenvalue weighted by Crippen LogP contribution is -2.53. The highest BCUT2D eigenvalue weighted by Crippen LogP contribution is 2.50. The van der Waals surface area contributed by atoms with Gasteiger partial charge in [0.15, 0.2) is 0 Å². The number of hydrogen-bond donors (Lipinski definition) is 2. The van der Waals surface area contributed by atoms with Gasteiger partial charge in [0.1, 0.15) is 5.82 Å². The summed E-state index contributed by atoms with van der Waals surface area (Å²) in [7, 11) is 0.